The average Bonchev–Trinajstić information content (AvgIpc) is 2.85. The number of carbonyl (C=O) groups excluding carboxylic acids is 1. The summed E-state index contributed by atoms with van der Waals surface area (Å²) in [6, 6.07) is 6.34. The Morgan fingerprint density at radius 3 is 2.40 bits per heavy atom. The second-order valence-corrected chi connectivity index (χ2v) is 8.01. The largest absolute Gasteiger partial charge is 0.383 e. The molecule has 3 aliphatic heterocycles. The first-order valence-electron chi connectivity index (χ1n) is 9.83. The van der Waals surface area contributed by atoms with Crippen LogP contribution in [0.2, 0.25) is 0 Å². The van der Waals surface area contributed by atoms with Gasteiger partial charge in [-0.25, -0.2) is 0 Å². The zero-order valence-corrected chi connectivity index (χ0v) is 14.9. The third-order valence-corrected chi connectivity index (χ3v) is 6.34. The van der Waals surface area contributed by atoms with E-state index in [0.717, 1.165) is 44.5 Å². The van der Waals surface area contributed by atoms with Gasteiger partial charge in [-0.1, -0.05) is 18.9 Å². The number of aliphatic hydroxyl groups is 1. The highest BCUT2D eigenvalue weighted by atomic mass is 16.3. The van der Waals surface area contributed by atoms with Gasteiger partial charge in [-0.05, 0) is 50.7 Å². The van der Waals surface area contributed by atoms with Gasteiger partial charge in [0.1, 0.15) is 5.60 Å². The molecule has 2 atom stereocenters. The van der Waals surface area contributed by atoms with E-state index in [4.69, 9.17) is 0 Å². The molecule has 0 unspecified atom stereocenters. The van der Waals surface area contributed by atoms with E-state index in [-0.39, 0.29) is 5.91 Å². The lowest BCUT2D eigenvalue weighted by Crippen LogP contribution is -2.53. The minimum atomic E-state index is -0.838. The van der Waals surface area contributed by atoms with Crippen molar-refractivity contribution < 1.29 is 9.90 Å². The Bertz CT molecular complexity index is 584. The molecule has 0 aromatic carbocycles. The van der Waals surface area contributed by atoms with Crippen molar-refractivity contribution in [2.75, 3.05) is 19.6 Å². The second-order valence-electron chi connectivity index (χ2n) is 8.01. The van der Waals surface area contributed by atoms with Crippen molar-refractivity contribution in [3.8, 4) is 0 Å². The summed E-state index contributed by atoms with van der Waals surface area (Å²) in [4.78, 5) is 21.6. The van der Waals surface area contributed by atoms with Gasteiger partial charge in [0.25, 0.3) is 0 Å². The number of hydrogen-bond acceptors (Lipinski definition) is 4. The van der Waals surface area contributed by atoms with Crippen molar-refractivity contribution >= 4 is 5.91 Å². The molecule has 1 aromatic rings. The van der Waals surface area contributed by atoms with E-state index in [0.29, 0.717) is 31.5 Å². The number of carbonyl (C=O) groups is 1. The first-order valence-corrected chi connectivity index (χ1v) is 9.83. The number of piperidine rings is 1. The zero-order chi connectivity index (χ0) is 17.3. The van der Waals surface area contributed by atoms with Gasteiger partial charge in [0.05, 0.1) is 12.2 Å². The Labute approximate surface area is 150 Å². The molecular weight excluding hydrogens is 314 g/mol. The average molecular weight is 343 g/mol. The van der Waals surface area contributed by atoms with Crippen LogP contribution >= 0.6 is 0 Å². The Kier molecular flexibility index (Phi) is 4.78. The lowest BCUT2D eigenvalue weighted by Gasteiger charge is -2.43. The van der Waals surface area contributed by atoms with E-state index in [9.17, 15) is 9.90 Å². The molecule has 25 heavy (non-hydrogen) atoms. The van der Waals surface area contributed by atoms with Gasteiger partial charge in [0, 0.05) is 31.4 Å². The van der Waals surface area contributed by atoms with Crippen LogP contribution in [-0.4, -0.2) is 57.5 Å². The standard InChI is InChI=1S/C20H29N3O2/c24-19(22-11-5-1-2-6-12-22)15-23-16-8-9-17(23)14-20(25,13-16)18-7-3-4-10-21-18/h3-4,7,10,16-17,25H,1-2,5-6,8-9,11-15H2/t16-,17-/m1/s1. The molecule has 1 N–H and O–H groups in total. The molecule has 3 saturated heterocycles. The summed E-state index contributed by atoms with van der Waals surface area (Å²) in [6.45, 7) is 2.35. The molecule has 136 valence electrons. The van der Waals surface area contributed by atoms with Crippen LogP contribution in [0.4, 0.5) is 0 Å². The van der Waals surface area contributed by atoms with Gasteiger partial charge in [-0.2, -0.15) is 0 Å². The van der Waals surface area contributed by atoms with Crippen molar-refractivity contribution in [2.45, 2.75) is 69.1 Å². The van der Waals surface area contributed by atoms with E-state index in [1.54, 1.807) is 6.20 Å². The van der Waals surface area contributed by atoms with Crippen LogP contribution in [0.25, 0.3) is 0 Å². The van der Waals surface area contributed by atoms with Crippen molar-refractivity contribution in [1.29, 1.82) is 0 Å². The molecule has 2 bridgehead atoms. The summed E-state index contributed by atoms with van der Waals surface area (Å²) in [5.74, 6) is 0.280. The zero-order valence-electron chi connectivity index (χ0n) is 14.9. The summed E-state index contributed by atoms with van der Waals surface area (Å²) in [5.41, 5.74) is -0.0553. The molecule has 0 radical (unpaired) electrons. The Balaban J connectivity index is 1.43. The van der Waals surface area contributed by atoms with Gasteiger partial charge in [0.2, 0.25) is 5.91 Å². The molecule has 0 saturated carbocycles. The summed E-state index contributed by atoms with van der Waals surface area (Å²) < 4.78 is 0. The third-order valence-electron chi connectivity index (χ3n) is 6.34. The molecule has 1 amide bonds. The number of amides is 1. The highest BCUT2D eigenvalue weighted by Crippen LogP contribution is 2.45. The van der Waals surface area contributed by atoms with Crippen LogP contribution in [0.15, 0.2) is 24.4 Å². The van der Waals surface area contributed by atoms with Crippen LogP contribution in [-0.2, 0) is 10.4 Å². The van der Waals surface area contributed by atoms with Gasteiger partial charge >= 0.3 is 0 Å². The lowest BCUT2D eigenvalue weighted by atomic mass is 9.83. The first kappa shape index (κ1) is 17.0. The van der Waals surface area contributed by atoms with Crippen LogP contribution in [0, 0.1) is 0 Å². The number of hydrogen-bond donors (Lipinski definition) is 1. The molecule has 1 aromatic heterocycles. The highest BCUT2D eigenvalue weighted by molar-refractivity contribution is 5.78. The smallest absolute Gasteiger partial charge is 0.236 e. The maximum atomic E-state index is 12.8. The van der Waals surface area contributed by atoms with Crippen molar-refractivity contribution in [1.82, 2.24) is 14.8 Å². The Hall–Kier alpha value is -1.46. The number of rotatable bonds is 3. The summed E-state index contributed by atoms with van der Waals surface area (Å²) in [7, 11) is 0. The fourth-order valence-electron chi connectivity index (χ4n) is 5.00. The van der Waals surface area contributed by atoms with E-state index >= 15 is 0 Å². The van der Waals surface area contributed by atoms with Crippen LogP contribution in [0.1, 0.15) is 57.1 Å². The normalized spacial score (nSPS) is 33.2. The van der Waals surface area contributed by atoms with Crippen LogP contribution in [0.3, 0.4) is 0 Å². The number of aromatic nitrogens is 1. The SMILES string of the molecule is O=C(CN1[C@@H]2CC[C@@H]1CC(O)(c1ccccn1)C2)N1CCCCCC1. The monoisotopic (exact) mass is 343 g/mol. The molecule has 5 heteroatoms. The molecule has 4 heterocycles. The lowest BCUT2D eigenvalue weighted by molar-refractivity contribution is -0.136. The predicted molar refractivity (Wildman–Crippen MR) is 95.9 cm³/mol. The highest BCUT2D eigenvalue weighted by Gasteiger charge is 2.49. The van der Waals surface area contributed by atoms with E-state index in [1.165, 1.54) is 12.8 Å². The third kappa shape index (κ3) is 3.44. The summed E-state index contributed by atoms with van der Waals surface area (Å²) >= 11 is 0. The topological polar surface area (TPSA) is 56.7 Å². The van der Waals surface area contributed by atoms with Crippen LogP contribution < -0.4 is 0 Å². The fourth-order valence-corrected chi connectivity index (χ4v) is 5.00. The molecule has 5 nitrogen and oxygen atoms in total. The fraction of sp³-hybridized carbons (Fsp3) is 0.700. The van der Waals surface area contributed by atoms with Gasteiger partial charge in [-0.15, -0.1) is 0 Å². The maximum Gasteiger partial charge on any atom is 0.236 e. The van der Waals surface area contributed by atoms with E-state index in [1.807, 2.05) is 18.2 Å². The molecule has 3 fully saturated rings. The minimum Gasteiger partial charge on any atom is -0.383 e. The summed E-state index contributed by atoms with van der Waals surface area (Å²) in [5, 5.41) is 11.2. The van der Waals surface area contributed by atoms with Gasteiger partial charge < -0.3 is 10.0 Å². The van der Waals surface area contributed by atoms with Gasteiger partial charge in [-0.3, -0.25) is 14.7 Å². The molecule has 0 aliphatic carbocycles. The molecule has 3 aliphatic rings. The number of pyridine rings is 1. The predicted octanol–water partition coefficient (Wildman–Crippen LogP) is 2.30. The van der Waals surface area contributed by atoms with Crippen molar-refractivity contribution in [2.24, 2.45) is 0 Å². The molecule has 0 spiro atoms. The van der Waals surface area contributed by atoms with Crippen LogP contribution in [0.5, 0.6) is 0 Å². The van der Waals surface area contributed by atoms with Gasteiger partial charge in [0.15, 0.2) is 0 Å². The maximum absolute atomic E-state index is 12.8. The second kappa shape index (κ2) is 7.04. The Morgan fingerprint density at radius 2 is 1.80 bits per heavy atom. The van der Waals surface area contributed by atoms with Crippen molar-refractivity contribution in [3.05, 3.63) is 30.1 Å². The van der Waals surface area contributed by atoms with E-state index in [2.05, 4.69) is 14.8 Å². The first-order chi connectivity index (χ1) is 12.2. The molecule has 4 rings (SSSR count). The quantitative estimate of drug-likeness (QED) is 0.915. The van der Waals surface area contributed by atoms with E-state index < -0.39 is 5.60 Å². The Morgan fingerprint density at radius 1 is 1.12 bits per heavy atom. The number of nitrogens with zero attached hydrogens (tertiary/aromatic N) is 3. The number of likely N-dealkylation sites (tertiary alicyclic amines) is 1. The van der Waals surface area contributed by atoms with Crippen molar-refractivity contribution in [3.63, 3.8) is 0 Å². The minimum absolute atomic E-state index is 0.280. The molecular formula is C20H29N3O2. The number of fused-ring (bicyclic) bond motifs is 2. The summed E-state index contributed by atoms with van der Waals surface area (Å²) in [6.07, 6.45) is 10.0.